The fraction of sp³-hybridized carbons (Fsp3) is 0.556. The van der Waals surface area contributed by atoms with E-state index < -0.39 is 70.5 Å². The Bertz CT molecular complexity index is 1690. The van der Waals surface area contributed by atoms with Crippen molar-refractivity contribution in [3.05, 3.63) is 48.8 Å². The van der Waals surface area contributed by atoms with Gasteiger partial charge in [-0.25, -0.2) is 38.7 Å². The molecule has 6 heterocycles. The number of aromatic nitrogens is 8. The van der Waals surface area contributed by atoms with Crippen molar-refractivity contribution in [2.75, 3.05) is 19.9 Å². The first-order valence-electron chi connectivity index (χ1n) is 14.4. The summed E-state index contributed by atoms with van der Waals surface area (Å²) >= 11 is 0. The highest BCUT2D eigenvalue weighted by molar-refractivity contribution is 7.38. The van der Waals surface area contributed by atoms with Crippen molar-refractivity contribution in [1.29, 1.82) is 0 Å². The summed E-state index contributed by atoms with van der Waals surface area (Å²) in [6.07, 6.45) is 1.43. The van der Waals surface area contributed by atoms with Gasteiger partial charge >= 0.3 is 8.03 Å². The van der Waals surface area contributed by atoms with Gasteiger partial charge in [-0.15, -0.1) is 4.52 Å². The van der Waals surface area contributed by atoms with Crippen LogP contribution < -0.4 is 0 Å². The van der Waals surface area contributed by atoms with E-state index >= 15 is 4.39 Å². The van der Waals surface area contributed by atoms with Gasteiger partial charge in [-0.3, -0.25) is 9.13 Å². The zero-order chi connectivity index (χ0) is 31.7. The molecule has 2 saturated heterocycles. The van der Waals surface area contributed by atoms with Gasteiger partial charge in [0.2, 0.25) is 0 Å². The minimum atomic E-state index is -2.11. The van der Waals surface area contributed by atoms with Crippen molar-refractivity contribution in [3.8, 4) is 0 Å². The highest BCUT2D eigenvalue weighted by atomic mass is 31.1. The average Bonchev–Trinajstić information content (AvgIpc) is 3.80. The van der Waals surface area contributed by atoms with Crippen LogP contribution >= 0.6 is 8.03 Å². The van der Waals surface area contributed by atoms with Crippen LogP contribution in [0.25, 0.3) is 22.3 Å². The third kappa shape index (κ3) is 6.08. The second-order valence-corrected chi connectivity index (χ2v) is 11.8. The zero-order valence-electron chi connectivity index (χ0n) is 24.1. The molecule has 2 aliphatic rings. The molecular formula is C27H32F2N8O7P+. The predicted octanol–water partition coefficient (Wildman–Crippen LogP) is 1.66. The number of allylic oxidation sites excluding steroid dienone is 2. The molecule has 15 nitrogen and oxygen atoms in total. The number of imidazole rings is 2. The minimum Gasteiger partial charge on any atom is -0.394 e. The molecule has 2 aliphatic heterocycles. The van der Waals surface area contributed by atoms with Gasteiger partial charge in [-0.2, -0.15) is 0 Å². The van der Waals surface area contributed by atoms with Gasteiger partial charge in [0, 0.05) is 0 Å². The number of rotatable bonds is 12. The lowest BCUT2D eigenvalue weighted by Gasteiger charge is -2.15. The number of ether oxygens (including phenoxy) is 2. The highest BCUT2D eigenvalue weighted by Gasteiger charge is 2.51. The van der Waals surface area contributed by atoms with Crippen LogP contribution in [0.15, 0.2) is 37.5 Å². The Kier molecular flexibility index (Phi) is 9.46. The summed E-state index contributed by atoms with van der Waals surface area (Å²) in [6, 6.07) is 0. The molecule has 0 saturated carbocycles. The van der Waals surface area contributed by atoms with Crippen LogP contribution in [0.4, 0.5) is 8.78 Å². The van der Waals surface area contributed by atoms with Gasteiger partial charge in [0.15, 0.2) is 48.9 Å². The molecule has 0 amide bonds. The number of hydrogen-bond acceptors (Lipinski definition) is 13. The van der Waals surface area contributed by atoms with Gasteiger partial charge in [0.25, 0.3) is 0 Å². The lowest BCUT2D eigenvalue weighted by atomic mass is 10.1. The monoisotopic (exact) mass is 649 g/mol. The molecule has 45 heavy (non-hydrogen) atoms. The molecule has 0 spiro atoms. The quantitative estimate of drug-likeness (QED) is 0.148. The molecule has 4 aromatic rings. The van der Waals surface area contributed by atoms with E-state index in [2.05, 4.69) is 29.9 Å². The number of aryl methyl sites for hydroxylation is 2. The second kappa shape index (κ2) is 13.5. The molecule has 0 bridgehead atoms. The van der Waals surface area contributed by atoms with E-state index in [4.69, 9.17) is 14.0 Å². The third-order valence-corrected chi connectivity index (χ3v) is 8.41. The molecule has 18 heteroatoms. The van der Waals surface area contributed by atoms with Crippen molar-refractivity contribution in [2.45, 2.75) is 74.9 Å². The van der Waals surface area contributed by atoms with E-state index in [0.29, 0.717) is 59.4 Å². The fourth-order valence-electron chi connectivity index (χ4n) is 5.66. The van der Waals surface area contributed by atoms with Crippen LogP contribution in [0.2, 0.25) is 0 Å². The fourth-order valence-corrected chi connectivity index (χ4v) is 6.25. The van der Waals surface area contributed by atoms with Gasteiger partial charge in [-0.05, 0) is 30.2 Å². The van der Waals surface area contributed by atoms with Gasteiger partial charge in [-0.1, -0.05) is 12.2 Å². The summed E-state index contributed by atoms with van der Waals surface area (Å²) in [5.41, 5.74) is 3.05. The average molecular weight is 650 g/mol. The Labute approximate surface area is 255 Å². The minimum absolute atomic E-state index is 0.366. The molecule has 0 aliphatic carbocycles. The van der Waals surface area contributed by atoms with E-state index in [1.807, 2.05) is 12.2 Å². The number of hydrogen-bond donors (Lipinski definition) is 3. The number of halogens is 2. The second-order valence-electron chi connectivity index (χ2n) is 10.7. The van der Waals surface area contributed by atoms with Gasteiger partial charge in [0.05, 0.1) is 37.3 Å². The lowest BCUT2D eigenvalue weighted by molar-refractivity contribution is -0.0459. The molecule has 3 unspecified atom stereocenters. The first kappa shape index (κ1) is 31.5. The van der Waals surface area contributed by atoms with E-state index in [1.54, 1.807) is 0 Å². The lowest BCUT2D eigenvalue weighted by Crippen LogP contribution is -2.32. The maximum absolute atomic E-state index is 15.3. The van der Waals surface area contributed by atoms with Crippen LogP contribution in [0.3, 0.4) is 0 Å². The van der Waals surface area contributed by atoms with Crippen LogP contribution in [-0.2, 0) is 31.4 Å². The summed E-state index contributed by atoms with van der Waals surface area (Å²) in [5, 5.41) is 28.9. The Hall–Kier alpha value is -3.44. The summed E-state index contributed by atoms with van der Waals surface area (Å²) < 4.78 is 60.7. The Morgan fingerprint density at radius 2 is 1.36 bits per heavy atom. The number of fused-ring (bicyclic) bond motifs is 2. The Morgan fingerprint density at radius 3 is 1.84 bits per heavy atom. The zero-order valence-corrected chi connectivity index (χ0v) is 25.0. The Morgan fingerprint density at radius 1 is 0.844 bits per heavy atom. The maximum atomic E-state index is 15.3. The predicted molar refractivity (Wildman–Crippen MR) is 153 cm³/mol. The summed E-state index contributed by atoms with van der Waals surface area (Å²) in [5.74, 6) is 0. The van der Waals surface area contributed by atoms with Crippen LogP contribution in [0.5, 0.6) is 0 Å². The first-order chi connectivity index (χ1) is 21.8. The molecular weight excluding hydrogens is 617 g/mol. The highest BCUT2D eigenvalue weighted by Crippen LogP contribution is 2.39. The summed E-state index contributed by atoms with van der Waals surface area (Å²) in [7, 11) is -2.11. The molecule has 4 aromatic heterocycles. The molecule has 240 valence electrons. The van der Waals surface area contributed by atoms with Gasteiger partial charge in [0.1, 0.15) is 42.0 Å². The van der Waals surface area contributed by atoms with Crippen molar-refractivity contribution in [1.82, 2.24) is 39.0 Å². The van der Waals surface area contributed by atoms with E-state index in [0.717, 1.165) is 0 Å². The van der Waals surface area contributed by atoms with E-state index in [1.165, 1.54) is 41.1 Å². The van der Waals surface area contributed by atoms with Crippen molar-refractivity contribution in [2.24, 2.45) is 0 Å². The molecule has 6 rings (SSSR count). The van der Waals surface area contributed by atoms with Crippen LogP contribution in [-0.4, -0.2) is 111 Å². The summed E-state index contributed by atoms with van der Waals surface area (Å²) in [4.78, 5) is 25.9. The first-order valence-corrected chi connectivity index (χ1v) is 16.0. The normalized spacial score (nSPS) is 29.1. The van der Waals surface area contributed by atoms with Crippen molar-refractivity contribution >= 4 is 30.4 Å². The topological polar surface area (TPSA) is 193 Å². The van der Waals surface area contributed by atoms with Crippen molar-refractivity contribution in [3.63, 3.8) is 0 Å². The van der Waals surface area contributed by atoms with Gasteiger partial charge < -0.3 is 24.8 Å². The molecule has 2 fully saturated rings. The largest absolute Gasteiger partial charge is 0.505 e. The maximum Gasteiger partial charge on any atom is 0.505 e. The standard InChI is InChI=1S/C27H32F2N8O7P/c1-45(41)44-23-17(9-39)43-27(19(23)29)37-13-35-21-15(31-11-33-25(21)37)7-5-3-2-4-6-14-20-24(32-10-30-14)36(12-34-20)26-18(28)22(40)16(8-38)42-26/h2-3,10-13,16-19,22-23,26-27,38-40H,4-9H2,1H3/q+1/b3-2+/t16?,17?,18-,19-,22-,23-,26-,27-/m1/s1. The van der Waals surface area contributed by atoms with Crippen molar-refractivity contribution < 1.29 is 42.7 Å². The van der Waals surface area contributed by atoms with E-state index in [-0.39, 0.29) is 0 Å². The number of alkyl halides is 2. The Balaban J connectivity index is 1.07. The number of nitrogens with zero attached hydrogens (tertiary/aromatic N) is 8. The molecule has 0 radical (unpaired) electrons. The van der Waals surface area contributed by atoms with Crippen LogP contribution in [0, 0.1) is 0 Å². The SMILES string of the molecule is C[P+](=O)O[C@@H]1C(CO)O[C@@H](n2cnc3c(CC/C=C/CCc4ncnc5c4ncn5[C@@H]4OC(CO)[C@@H](O)[C@H]4F)ncnc32)[C@@H]1F. The smallest absolute Gasteiger partial charge is 0.394 e. The van der Waals surface area contributed by atoms with E-state index in [9.17, 15) is 24.3 Å². The molecule has 3 N–H and O–H groups in total. The summed E-state index contributed by atoms with van der Waals surface area (Å²) in [6.45, 7) is 0.303. The molecule has 0 aromatic carbocycles. The number of aliphatic hydroxyl groups is 3. The number of aliphatic hydroxyl groups excluding tert-OH is 3. The van der Waals surface area contributed by atoms with Crippen LogP contribution in [0.1, 0.15) is 36.7 Å². The third-order valence-electron chi connectivity index (χ3n) is 7.87. The molecule has 9 atom stereocenters.